The molecule has 5 heteroatoms. The molecule has 0 saturated heterocycles. The molecule has 0 radical (unpaired) electrons. The molecule has 1 N–H and O–H groups in total. The van der Waals surface area contributed by atoms with E-state index in [2.05, 4.69) is 5.32 Å². The largest absolute Gasteiger partial charge is 0.354 e. The molecule has 4 nitrogen and oxygen atoms in total. The van der Waals surface area contributed by atoms with E-state index in [1.807, 2.05) is 43.3 Å². The Morgan fingerprint density at radius 3 is 2.44 bits per heavy atom. The molecular formula is C20H23ClN2O2. The number of hydrogen-bond acceptors (Lipinski definition) is 2. The zero-order chi connectivity index (χ0) is 18.2. The molecule has 0 fully saturated rings. The molecule has 0 unspecified atom stereocenters. The van der Waals surface area contributed by atoms with Gasteiger partial charge in [-0.25, -0.2) is 0 Å². The Kier molecular flexibility index (Phi) is 7.02. The monoisotopic (exact) mass is 358 g/mol. The van der Waals surface area contributed by atoms with Gasteiger partial charge in [-0.15, -0.1) is 0 Å². The number of hydrogen-bond donors (Lipinski definition) is 1. The first-order valence-corrected chi connectivity index (χ1v) is 8.64. The van der Waals surface area contributed by atoms with Crippen molar-refractivity contribution in [3.63, 3.8) is 0 Å². The second-order valence-corrected chi connectivity index (χ2v) is 6.52. The molecular weight excluding hydrogens is 336 g/mol. The van der Waals surface area contributed by atoms with Gasteiger partial charge in [0.1, 0.15) is 0 Å². The number of rotatable bonds is 7. The van der Waals surface area contributed by atoms with Crippen molar-refractivity contribution >= 4 is 23.4 Å². The third-order valence-corrected chi connectivity index (χ3v) is 4.14. The Bertz CT molecular complexity index is 729. The summed E-state index contributed by atoms with van der Waals surface area (Å²) in [5.41, 5.74) is 3.13. The summed E-state index contributed by atoms with van der Waals surface area (Å²) in [5.74, 6) is -0.0662. The third kappa shape index (κ3) is 6.59. The van der Waals surface area contributed by atoms with Gasteiger partial charge in [-0.3, -0.25) is 9.59 Å². The number of carbonyl (C=O) groups excluding carboxylic acids is 2. The molecule has 2 rings (SSSR count). The first-order valence-electron chi connectivity index (χ1n) is 8.26. The zero-order valence-electron chi connectivity index (χ0n) is 14.6. The highest BCUT2D eigenvalue weighted by molar-refractivity contribution is 6.30. The fourth-order valence-corrected chi connectivity index (χ4v) is 2.68. The molecule has 0 aromatic heterocycles. The molecule has 0 aliphatic rings. The molecule has 0 saturated carbocycles. The standard InChI is InChI=1S/C20H23ClN2O2/c1-15-4-3-5-18(12-15)13-20(25)22-10-11-23(16(2)24)14-17-6-8-19(21)9-7-17/h3-9,12H,10-11,13-14H2,1-2H3,(H,22,25). The van der Waals surface area contributed by atoms with Gasteiger partial charge in [0.2, 0.25) is 11.8 Å². The van der Waals surface area contributed by atoms with Crippen LogP contribution < -0.4 is 5.32 Å². The quantitative estimate of drug-likeness (QED) is 0.825. The number of aryl methyl sites for hydroxylation is 1. The van der Waals surface area contributed by atoms with Crippen molar-refractivity contribution < 1.29 is 9.59 Å². The number of amides is 2. The Balaban J connectivity index is 1.81. The van der Waals surface area contributed by atoms with Crippen molar-refractivity contribution in [2.24, 2.45) is 0 Å². The average Bonchev–Trinajstić information content (AvgIpc) is 2.55. The molecule has 0 bridgehead atoms. The number of carbonyl (C=O) groups is 2. The highest BCUT2D eigenvalue weighted by atomic mass is 35.5. The Morgan fingerprint density at radius 2 is 1.80 bits per heavy atom. The SMILES string of the molecule is CC(=O)N(CCNC(=O)Cc1cccc(C)c1)Cc1ccc(Cl)cc1. The summed E-state index contributed by atoms with van der Waals surface area (Å²) < 4.78 is 0. The van der Waals surface area contributed by atoms with Gasteiger partial charge in [0.15, 0.2) is 0 Å². The lowest BCUT2D eigenvalue weighted by Crippen LogP contribution is -2.37. The average molecular weight is 359 g/mol. The fraction of sp³-hybridized carbons (Fsp3) is 0.300. The van der Waals surface area contributed by atoms with Gasteiger partial charge in [0, 0.05) is 31.6 Å². The Hall–Kier alpha value is -2.33. The molecule has 2 aromatic carbocycles. The second-order valence-electron chi connectivity index (χ2n) is 6.08. The van der Waals surface area contributed by atoms with Crippen LogP contribution in [-0.4, -0.2) is 29.8 Å². The number of nitrogens with one attached hydrogen (secondary N) is 1. The van der Waals surface area contributed by atoms with E-state index in [1.165, 1.54) is 6.92 Å². The summed E-state index contributed by atoms with van der Waals surface area (Å²) >= 11 is 5.88. The van der Waals surface area contributed by atoms with Gasteiger partial charge in [-0.2, -0.15) is 0 Å². The third-order valence-electron chi connectivity index (χ3n) is 3.88. The summed E-state index contributed by atoms with van der Waals surface area (Å²) in [7, 11) is 0. The van der Waals surface area contributed by atoms with E-state index in [0.29, 0.717) is 31.1 Å². The van der Waals surface area contributed by atoms with Gasteiger partial charge >= 0.3 is 0 Å². The van der Waals surface area contributed by atoms with Crippen LogP contribution in [0, 0.1) is 6.92 Å². The van der Waals surface area contributed by atoms with Crippen molar-refractivity contribution in [3.05, 3.63) is 70.2 Å². The molecule has 0 atom stereocenters. The maximum Gasteiger partial charge on any atom is 0.224 e. The topological polar surface area (TPSA) is 49.4 Å². The maximum absolute atomic E-state index is 12.0. The highest BCUT2D eigenvalue weighted by Crippen LogP contribution is 2.11. The van der Waals surface area contributed by atoms with Crippen LogP contribution in [0.25, 0.3) is 0 Å². The van der Waals surface area contributed by atoms with E-state index in [1.54, 1.807) is 17.0 Å². The van der Waals surface area contributed by atoms with Crippen LogP contribution in [0.1, 0.15) is 23.6 Å². The first-order chi connectivity index (χ1) is 11.9. The van der Waals surface area contributed by atoms with Crippen molar-refractivity contribution in [3.8, 4) is 0 Å². The smallest absolute Gasteiger partial charge is 0.224 e. The van der Waals surface area contributed by atoms with Gasteiger partial charge in [0.25, 0.3) is 0 Å². The highest BCUT2D eigenvalue weighted by Gasteiger charge is 2.10. The Labute approximate surface area is 153 Å². The van der Waals surface area contributed by atoms with Crippen LogP contribution in [0.4, 0.5) is 0 Å². The molecule has 2 aromatic rings. The summed E-state index contributed by atoms with van der Waals surface area (Å²) in [6.07, 6.45) is 0.346. The van der Waals surface area contributed by atoms with Crippen molar-refractivity contribution in [2.45, 2.75) is 26.8 Å². The van der Waals surface area contributed by atoms with Crippen LogP contribution in [0.3, 0.4) is 0 Å². The molecule has 0 aliphatic carbocycles. The predicted octanol–water partition coefficient (Wildman–Crippen LogP) is 3.36. The van der Waals surface area contributed by atoms with E-state index in [-0.39, 0.29) is 11.8 Å². The van der Waals surface area contributed by atoms with Crippen molar-refractivity contribution in [2.75, 3.05) is 13.1 Å². The first kappa shape index (κ1) is 19.0. The number of benzene rings is 2. The Morgan fingerprint density at radius 1 is 1.08 bits per heavy atom. The summed E-state index contributed by atoms with van der Waals surface area (Å²) in [5, 5.41) is 3.55. The van der Waals surface area contributed by atoms with Gasteiger partial charge in [0.05, 0.1) is 6.42 Å². The van der Waals surface area contributed by atoms with Gasteiger partial charge in [-0.05, 0) is 30.2 Å². The molecule has 0 aliphatic heterocycles. The maximum atomic E-state index is 12.0. The van der Waals surface area contributed by atoms with Crippen LogP contribution in [0.15, 0.2) is 48.5 Å². The zero-order valence-corrected chi connectivity index (χ0v) is 15.3. The summed E-state index contributed by atoms with van der Waals surface area (Å²) in [6, 6.07) is 15.3. The normalized spacial score (nSPS) is 10.4. The number of nitrogens with zero attached hydrogens (tertiary/aromatic N) is 1. The summed E-state index contributed by atoms with van der Waals surface area (Å²) in [4.78, 5) is 25.6. The van der Waals surface area contributed by atoms with E-state index >= 15 is 0 Å². The van der Waals surface area contributed by atoms with E-state index in [4.69, 9.17) is 11.6 Å². The lowest BCUT2D eigenvalue weighted by Gasteiger charge is -2.21. The fourth-order valence-electron chi connectivity index (χ4n) is 2.56. The van der Waals surface area contributed by atoms with Crippen LogP contribution in [-0.2, 0) is 22.6 Å². The lowest BCUT2D eigenvalue weighted by atomic mass is 10.1. The van der Waals surface area contributed by atoms with E-state index < -0.39 is 0 Å². The summed E-state index contributed by atoms with van der Waals surface area (Å²) in [6.45, 7) is 4.93. The van der Waals surface area contributed by atoms with Crippen molar-refractivity contribution in [1.82, 2.24) is 10.2 Å². The van der Waals surface area contributed by atoms with Crippen LogP contribution in [0.2, 0.25) is 5.02 Å². The van der Waals surface area contributed by atoms with Crippen LogP contribution >= 0.6 is 11.6 Å². The van der Waals surface area contributed by atoms with Crippen molar-refractivity contribution in [1.29, 1.82) is 0 Å². The molecule has 132 valence electrons. The molecule has 0 heterocycles. The van der Waals surface area contributed by atoms with E-state index in [9.17, 15) is 9.59 Å². The minimum absolute atomic E-state index is 0.0251. The molecule has 0 spiro atoms. The molecule has 25 heavy (non-hydrogen) atoms. The number of halogens is 1. The van der Waals surface area contributed by atoms with Gasteiger partial charge < -0.3 is 10.2 Å². The van der Waals surface area contributed by atoms with Gasteiger partial charge in [-0.1, -0.05) is 53.6 Å². The van der Waals surface area contributed by atoms with Crippen LogP contribution in [0.5, 0.6) is 0 Å². The predicted molar refractivity (Wildman–Crippen MR) is 100 cm³/mol. The lowest BCUT2D eigenvalue weighted by molar-refractivity contribution is -0.130. The minimum atomic E-state index is -0.0411. The molecule has 2 amide bonds. The second kappa shape index (κ2) is 9.23. The van der Waals surface area contributed by atoms with E-state index in [0.717, 1.165) is 16.7 Å². The minimum Gasteiger partial charge on any atom is -0.354 e.